The first-order valence-corrected chi connectivity index (χ1v) is 7.73. The molecular weight excluding hydrogens is 310 g/mol. The van der Waals surface area contributed by atoms with Gasteiger partial charge in [0.25, 0.3) is 0 Å². The van der Waals surface area contributed by atoms with E-state index in [0.29, 0.717) is 24.2 Å². The zero-order valence-electron chi connectivity index (χ0n) is 13.6. The smallest absolute Gasteiger partial charge is 0.307 e. The summed E-state index contributed by atoms with van der Waals surface area (Å²) in [6.07, 6.45) is 0.941. The van der Waals surface area contributed by atoms with Crippen molar-refractivity contribution in [2.24, 2.45) is 17.6 Å². The number of primary amides is 1. The van der Waals surface area contributed by atoms with E-state index >= 15 is 0 Å². The van der Waals surface area contributed by atoms with Crippen LogP contribution in [0.5, 0.6) is 0 Å². The number of nitrogens with two attached hydrogens (primary N) is 1. The van der Waals surface area contributed by atoms with E-state index in [2.05, 4.69) is 20.6 Å². The molecule has 2 aromatic rings. The van der Waals surface area contributed by atoms with Crippen molar-refractivity contribution in [3.8, 4) is 0 Å². The van der Waals surface area contributed by atoms with Gasteiger partial charge in [0.1, 0.15) is 0 Å². The molecule has 0 fully saturated rings. The number of hydrogen-bond donors (Lipinski definition) is 3. The Kier molecular flexibility index (Phi) is 5.62. The number of carbonyl (C=O) groups excluding carboxylic acids is 1. The molecule has 2 rings (SSSR count). The average Bonchev–Trinajstić information content (AvgIpc) is 3.05. The molecule has 0 saturated carbocycles. The highest BCUT2D eigenvalue weighted by molar-refractivity contribution is 5.92. The van der Waals surface area contributed by atoms with Gasteiger partial charge in [0, 0.05) is 11.5 Å². The van der Waals surface area contributed by atoms with Crippen molar-refractivity contribution in [3.63, 3.8) is 0 Å². The van der Waals surface area contributed by atoms with Crippen LogP contribution in [-0.4, -0.2) is 37.6 Å². The van der Waals surface area contributed by atoms with Gasteiger partial charge in [0.15, 0.2) is 5.82 Å². The van der Waals surface area contributed by atoms with Gasteiger partial charge in [-0.1, -0.05) is 31.2 Å². The van der Waals surface area contributed by atoms with Crippen LogP contribution in [0.4, 0.5) is 0 Å². The highest BCUT2D eigenvalue weighted by Gasteiger charge is 2.33. The molecule has 0 aliphatic carbocycles. The second kappa shape index (κ2) is 7.67. The summed E-state index contributed by atoms with van der Waals surface area (Å²) in [6.45, 7) is 3.95. The summed E-state index contributed by atoms with van der Waals surface area (Å²) in [4.78, 5) is 22.9. The number of carboxylic acid groups (broad SMARTS) is 1. The van der Waals surface area contributed by atoms with Crippen LogP contribution in [0, 0.1) is 11.8 Å². The maximum Gasteiger partial charge on any atom is 0.307 e. The highest BCUT2D eigenvalue weighted by atomic mass is 16.4. The number of amides is 1. The van der Waals surface area contributed by atoms with Crippen LogP contribution in [0.15, 0.2) is 24.3 Å². The molecule has 8 nitrogen and oxygen atoms in total. The van der Waals surface area contributed by atoms with E-state index < -0.39 is 23.7 Å². The predicted octanol–water partition coefficient (Wildman–Crippen LogP) is 1.37. The Morgan fingerprint density at radius 3 is 2.38 bits per heavy atom. The van der Waals surface area contributed by atoms with Crippen molar-refractivity contribution in [3.05, 3.63) is 41.2 Å². The topological polar surface area (TPSA) is 135 Å². The summed E-state index contributed by atoms with van der Waals surface area (Å²) in [5, 5.41) is 23.5. The molecule has 1 aromatic heterocycles. The van der Waals surface area contributed by atoms with E-state index in [4.69, 9.17) is 5.73 Å². The molecule has 0 aliphatic heterocycles. The number of H-pyrrole nitrogens is 1. The first-order valence-electron chi connectivity index (χ1n) is 7.73. The van der Waals surface area contributed by atoms with Crippen molar-refractivity contribution >= 4 is 11.9 Å². The lowest BCUT2D eigenvalue weighted by Crippen LogP contribution is -2.26. The number of benzene rings is 1. The van der Waals surface area contributed by atoms with Crippen LogP contribution < -0.4 is 5.73 Å². The lowest BCUT2D eigenvalue weighted by molar-refractivity contribution is -0.143. The Hall–Kier alpha value is -2.77. The van der Waals surface area contributed by atoms with E-state index in [0.717, 1.165) is 5.56 Å². The van der Waals surface area contributed by atoms with Gasteiger partial charge < -0.3 is 10.8 Å². The van der Waals surface area contributed by atoms with Gasteiger partial charge in [-0.05, 0) is 36.5 Å². The number of rotatable bonds is 8. The number of tetrazole rings is 1. The minimum Gasteiger partial charge on any atom is -0.481 e. The van der Waals surface area contributed by atoms with E-state index in [1.807, 2.05) is 13.8 Å². The lowest BCUT2D eigenvalue weighted by atomic mass is 9.81. The fraction of sp³-hybridized carbons (Fsp3) is 0.438. The number of hydrogen-bond acceptors (Lipinski definition) is 5. The first kappa shape index (κ1) is 17.6. The second-order valence-electron chi connectivity index (χ2n) is 6.22. The van der Waals surface area contributed by atoms with E-state index in [1.54, 1.807) is 24.3 Å². The number of nitrogens with one attached hydrogen (secondary N) is 1. The van der Waals surface area contributed by atoms with Crippen molar-refractivity contribution in [2.45, 2.75) is 32.6 Å². The largest absolute Gasteiger partial charge is 0.481 e. The highest BCUT2D eigenvalue weighted by Crippen LogP contribution is 2.31. The molecule has 0 unspecified atom stereocenters. The summed E-state index contributed by atoms with van der Waals surface area (Å²) in [5.74, 6) is -1.83. The first-order chi connectivity index (χ1) is 11.4. The number of aromatic amines is 1. The van der Waals surface area contributed by atoms with Crippen LogP contribution in [0.3, 0.4) is 0 Å². The predicted molar refractivity (Wildman–Crippen MR) is 86.2 cm³/mol. The number of nitrogens with zero attached hydrogens (tertiary/aromatic N) is 3. The molecule has 1 amide bonds. The summed E-state index contributed by atoms with van der Waals surface area (Å²) in [5.41, 5.74) is 6.52. The molecule has 24 heavy (non-hydrogen) atoms. The molecule has 0 aliphatic rings. The van der Waals surface area contributed by atoms with Crippen molar-refractivity contribution < 1.29 is 14.7 Å². The molecule has 0 saturated heterocycles. The third kappa shape index (κ3) is 4.37. The van der Waals surface area contributed by atoms with Gasteiger partial charge in [-0.15, -0.1) is 10.2 Å². The van der Waals surface area contributed by atoms with Gasteiger partial charge in [0.05, 0.1) is 5.92 Å². The maximum absolute atomic E-state index is 11.8. The molecule has 4 N–H and O–H groups in total. The average molecular weight is 331 g/mol. The van der Waals surface area contributed by atoms with E-state index in [1.165, 1.54) is 0 Å². The Morgan fingerprint density at radius 1 is 1.25 bits per heavy atom. The summed E-state index contributed by atoms with van der Waals surface area (Å²) >= 11 is 0. The zero-order chi connectivity index (χ0) is 17.7. The molecule has 8 heteroatoms. The molecule has 0 radical (unpaired) electrons. The molecule has 2 atom stereocenters. The number of aliphatic carboxylic acids is 1. The van der Waals surface area contributed by atoms with Gasteiger partial charge in [-0.3, -0.25) is 9.59 Å². The van der Waals surface area contributed by atoms with E-state index in [-0.39, 0.29) is 5.92 Å². The number of carbonyl (C=O) groups is 2. The fourth-order valence-electron chi connectivity index (χ4n) is 2.74. The van der Waals surface area contributed by atoms with Gasteiger partial charge in [-0.25, -0.2) is 0 Å². The summed E-state index contributed by atoms with van der Waals surface area (Å²) < 4.78 is 0. The summed E-state index contributed by atoms with van der Waals surface area (Å²) in [7, 11) is 0. The van der Waals surface area contributed by atoms with Crippen molar-refractivity contribution in [1.82, 2.24) is 20.6 Å². The van der Waals surface area contributed by atoms with E-state index in [9.17, 15) is 14.7 Å². The Balaban J connectivity index is 2.29. The van der Waals surface area contributed by atoms with Crippen LogP contribution in [0.25, 0.3) is 0 Å². The van der Waals surface area contributed by atoms with Crippen LogP contribution >= 0.6 is 0 Å². The molecule has 0 bridgehead atoms. The number of carboxylic acids is 1. The monoisotopic (exact) mass is 331 g/mol. The molecule has 1 aromatic carbocycles. The van der Waals surface area contributed by atoms with Gasteiger partial charge in [-0.2, -0.15) is 5.21 Å². The van der Waals surface area contributed by atoms with Crippen LogP contribution in [-0.2, 0) is 11.2 Å². The zero-order valence-corrected chi connectivity index (χ0v) is 13.6. The van der Waals surface area contributed by atoms with Crippen molar-refractivity contribution in [1.29, 1.82) is 0 Å². The number of aromatic nitrogens is 4. The summed E-state index contributed by atoms with van der Waals surface area (Å²) in [6, 6.07) is 6.79. The second-order valence-corrected chi connectivity index (χ2v) is 6.22. The molecular formula is C16H21N5O3. The Bertz CT molecular complexity index is 682. The van der Waals surface area contributed by atoms with Crippen molar-refractivity contribution in [2.75, 3.05) is 0 Å². The SMILES string of the molecule is CC(C)C[C@H](C(=O)O)[C@H](Cc1ccc(C(N)=O)cc1)c1nn[nH]n1. The third-order valence-corrected chi connectivity index (χ3v) is 3.92. The molecule has 1 heterocycles. The molecule has 0 spiro atoms. The minimum absolute atomic E-state index is 0.220. The Labute approximate surface area is 139 Å². The van der Waals surface area contributed by atoms with Gasteiger partial charge in [0.2, 0.25) is 5.91 Å². The lowest BCUT2D eigenvalue weighted by Gasteiger charge is -2.23. The fourth-order valence-corrected chi connectivity index (χ4v) is 2.74. The quantitative estimate of drug-likeness (QED) is 0.668. The third-order valence-electron chi connectivity index (χ3n) is 3.92. The standard InChI is InChI=1S/C16H21N5O3/c1-9(2)7-13(16(23)24)12(15-18-20-21-19-15)8-10-3-5-11(6-4-10)14(17)22/h3-6,9,12-13H,7-8H2,1-2H3,(H2,17,22)(H,23,24)(H,18,19,20,21)/t12-,13-/m0/s1. The maximum atomic E-state index is 11.8. The van der Waals surface area contributed by atoms with Crippen LogP contribution in [0.2, 0.25) is 0 Å². The minimum atomic E-state index is -0.882. The normalized spacial score (nSPS) is 13.6. The van der Waals surface area contributed by atoms with Gasteiger partial charge >= 0.3 is 5.97 Å². The Morgan fingerprint density at radius 2 is 1.92 bits per heavy atom. The van der Waals surface area contributed by atoms with Crippen LogP contribution in [0.1, 0.15) is 47.9 Å². The molecule has 128 valence electrons.